The van der Waals surface area contributed by atoms with E-state index in [0.717, 1.165) is 17.5 Å². The van der Waals surface area contributed by atoms with E-state index in [-0.39, 0.29) is 16.4 Å². The molecule has 0 bridgehead atoms. The molecular formula is C10H6FN3O3S. The topological polar surface area (TPSA) is 92.2 Å². The van der Waals surface area contributed by atoms with Crippen LogP contribution >= 0.6 is 11.3 Å². The van der Waals surface area contributed by atoms with Gasteiger partial charge in [-0.3, -0.25) is 9.78 Å². The van der Waals surface area contributed by atoms with Crippen molar-refractivity contribution in [3.8, 4) is 0 Å². The minimum atomic E-state index is -1.22. The van der Waals surface area contributed by atoms with E-state index in [9.17, 15) is 14.0 Å². The van der Waals surface area contributed by atoms with Crippen molar-refractivity contribution in [1.29, 1.82) is 0 Å². The van der Waals surface area contributed by atoms with Crippen molar-refractivity contribution in [3.63, 3.8) is 0 Å². The minimum Gasteiger partial charge on any atom is -0.476 e. The van der Waals surface area contributed by atoms with Crippen LogP contribution in [0.3, 0.4) is 0 Å². The van der Waals surface area contributed by atoms with Gasteiger partial charge in [-0.1, -0.05) is 0 Å². The Balaban J connectivity index is 2.17. The number of pyridine rings is 1. The highest BCUT2D eigenvalue weighted by atomic mass is 32.1. The first-order valence-corrected chi connectivity index (χ1v) is 5.55. The van der Waals surface area contributed by atoms with E-state index in [1.165, 1.54) is 17.6 Å². The molecule has 18 heavy (non-hydrogen) atoms. The van der Waals surface area contributed by atoms with E-state index in [2.05, 4.69) is 15.3 Å². The molecule has 0 saturated heterocycles. The summed E-state index contributed by atoms with van der Waals surface area (Å²) >= 11 is 0.869. The molecule has 0 unspecified atom stereocenters. The Morgan fingerprint density at radius 2 is 2.22 bits per heavy atom. The lowest BCUT2D eigenvalue weighted by Crippen LogP contribution is -2.13. The number of aromatic nitrogens is 2. The largest absolute Gasteiger partial charge is 0.476 e. The van der Waals surface area contributed by atoms with Gasteiger partial charge < -0.3 is 10.4 Å². The second kappa shape index (κ2) is 4.88. The number of hydrogen-bond acceptors (Lipinski definition) is 5. The maximum absolute atomic E-state index is 13.2. The number of nitrogens with zero attached hydrogens (tertiary/aromatic N) is 2. The van der Waals surface area contributed by atoms with Crippen LogP contribution in [-0.2, 0) is 0 Å². The number of anilines is 1. The first kappa shape index (κ1) is 12.1. The number of aromatic carboxylic acids is 1. The smallest absolute Gasteiger partial charge is 0.355 e. The summed E-state index contributed by atoms with van der Waals surface area (Å²) in [5, 5.41) is 12.1. The van der Waals surface area contributed by atoms with Gasteiger partial charge in [0.05, 0.1) is 11.9 Å². The van der Waals surface area contributed by atoms with Crippen LogP contribution in [0.2, 0.25) is 0 Å². The monoisotopic (exact) mass is 267 g/mol. The van der Waals surface area contributed by atoms with E-state index >= 15 is 0 Å². The Morgan fingerprint density at radius 1 is 1.44 bits per heavy atom. The van der Waals surface area contributed by atoms with Crippen LogP contribution in [0.1, 0.15) is 20.3 Å². The van der Waals surface area contributed by atoms with Gasteiger partial charge in [0.2, 0.25) is 0 Å². The Bertz CT molecular complexity index is 614. The van der Waals surface area contributed by atoms with Gasteiger partial charge in [0.15, 0.2) is 16.5 Å². The van der Waals surface area contributed by atoms with Gasteiger partial charge in [-0.15, -0.1) is 11.3 Å². The molecule has 0 radical (unpaired) electrons. The van der Waals surface area contributed by atoms with Gasteiger partial charge in [-0.05, 0) is 6.07 Å². The van der Waals surface area contributed by atoms with Gasteiger partial charge in [0, 0.05) is 11.6 Å². The molecule has 0 aliphatic carbocycles. The van der Waals surface area contributed by atoms with E-state index in [0.29, 0.717) is 0 Å². The molecule has 1 amide bonds. The molecule has 2 rings (SSSR count). The van der Waals surface area contributed by atoms with Gasteiger partial charge in [0.1, 0.15) is 0 Å². The number of nitrogens with one attached hydrogen (secondary N) is 1. The number of rotatable bonds is 3. The summed E-state index contributed by atoms with van der Waals surface area (Å²) in [7, 11) is 0. The van der Waals surface area contributed by atoms with Crippen molar-refractivity contribution in [1.82, 2.24) is 9.97 Å². The molecule has 2 aromatic rings. The lowest BCUT2D eigenvalue weighted by Gasteiger charge is -2.02. The zero-order chi connectivity index (χ0) is 13.1. The summed E-state index contributed by atoms with van der Waals surface area (Å²) in [6.45, 7) is 0. The highest BCUT2D eigenvalue weighted by Crippen LogP contribution is 2.15. The quantitative estimate of drug-likeness (QED) is 0.881. The molecule has 0 aliphatic rings. The molecule has 2 aromatic heterocycles. The van der Waals surface area contributed by atoms with Gasteiger partial charge in [0.25, 0.3) is 5.91 Å². The Kier molecular flexibility index (Phi) is 3.28. The van der Waals surface area contributed by atoms with Crippen molar-refractivity contribution >= 4 is 28.9 Å². The Morgan fingerprint density at radius 3 is 2.83 bits per heavy atom. The number of carbonyl (C=O) groups excluding carboxylic acids is 1. The predicted molar refractivity (Wildman–Crippen MR) is 61.2 cm³/mol. The number of hydrogen-bond donors (Lipinski definition) is 2. The van der Waals surface area contributed by atoms with Gasteiger partial charge in [-0.25, -0.2) is 14.2 Å². The number of thiazole rings is 1. The van der Waals surface area contributed by atoms with Crippen LogP contribution < -0.4 is 5.32 Å². The van der Waals surface area contributed by atoms with Crippen LogP contribution in [0.5, 0.6) is 0 Å². The SMILES string of the molecule is O=C(O)c1csc(C(=O)Nc2ccncc2F)n1. The van der Waals surface area contributed by atoms with E-state index in [4.69, 9.17) is 5.11 Å². The molecule has 2 N–H and O–H groups in total. The Labute approximate surface area is 104 Å². The van der Waals surface area contributed by atoms with Crippen molar-refractivity contribution < 1.29 is 19.1 Å². The van der Waals surface area contributed by atoms with Crippen molar-refractivity contribution in [2.45, 2.75) is 0 Å². The fourth-order valence-corrected chi connectivity index (χ4v) is 1.81. The summed E-state index contributed by atoms with van der Waals surface area (Å²) in [5.41, 5.74) is -0.262. The number of halogens is 1. The normalized spacial score (nSPS) is 10.1. The van der Waals surface area contributed by atoms with Crippen LogP contribution in [0.4, 0.5) is 10.1 Å². The Hall–Kier alpha value is -2.35. The summed E-state index contributed by atoms with van der Waals surface area (Å²) in [6.07, 6.45) is 2.28. The molecular weight excluding hydrogens is 261 g/mol. The summed E-state index contributed by atoms with van der Waals surface area (Å²) in [5.74, 6) is -2.57. The van der Waals surface area contributed by atoms with Crippen LogP contribution in [-0.4, -0.2) is 27.0 Å². The van der Waals surface area contributed by atoms with E-state index < -0.39 is 17.7 Å². The van der Waals surface area contributed by atoms with E-state index in [1.807, 2.05) is 0 Å². The first-order valence-electron chi connectivity index (χ1n) is 4.67. The van der Waals surface area contributed by atoms with Gasteiger partial charge in [-0.2, -0.15) is 0 Å². The molecule has 0 fully saturated rings. The third kappa shape index (κ3) is 2.48. The number of carboxylic acid groups (broad SMARTS) is 1. The zero-order valence-corrected chi connectivity index (χ0v) is 9.57. The molecule has 0 aromatic carbocycles. The van der Waals surface area contributed by atoms with Crippen LogP contribution in [0.25, 0.3) is 0 Å². The summed E-state index contributed by atoms with van der Waals surface area (Å²) in [6, 6.07) is 1.29. The average Bonchev–Trinajstić information content (AvgIpc) is 2.81. The van der Waals surface area contributed by atoms with E-state index in [1.54, 1.807) is 0 Å². The standard InChI is InChI=1S/C10H6FN3O3S/c11-5-3-12-2-1-6(5)13-8(15)9-14-7(4-18-9)10(16)17/h1-4H,(H,16,17)(H,12,13,15). The molecule has 92 valence electrons. The maximum atomic E-state index is 13.2. The number of carbonyl (C=O) groups is 2. The molecule has 0 aliphatic heterocycles. The van der Waals surface area contributed by atoms with Gasteiger partial charge >= 0.3 is 5.97 Å². The van der Waals surface area contributed by atoms with Crippen LogP contribution in [0.15, 0.2) is 23.8 Å². The molecule has 6 nitrogen and oxygen atoms in total. The highest BCUT2D eigenvalue weighted by Gasteiger charge is 2.15. The minimum absolute atomic E-state index is 0.0397. The third-order valence-corrected chi connectivity index (χ3v) is 2.78. The average molecular weight is 267 g/mol. The maximum Gasteiger partial charge on any atom is 0.355 e. The lowest BCUT2D eigenvalue weighted by molar-refractivity contribution is 0.0691. The molecule has 0 atom stereocenters. The molecule has 2 heterocycles. The van der Waals surface area contributed by atoms with Crippen LogP contribution in [0, 0.1) is 5.82 Å². The second-order valence-electron chi connectivity index (χ2n) is 3.15. The zero-order valence-electron chi connectivity index (χ0n) is 8.75. The molecule has 8 heteroatoms. The fraction of sp³-hybridized carbons (Fsp3) is 0. The summed E-state index contributed by atoms with van der Waals surface area (Å²) < 4.78 is 13.2. The summed E-state index contributed by atoms with van der Waals surface area (Å²) in [4.78, 5) is 29.4. The number of amides is 1. The van der Waals surface area contributed by atoms with Crippen molar-refractivity contribution in [2.75, 3.05) is 5.32 Å². The molecule has 0 saturated carbocycles. The fourth-order valence-electron chi connectivity index (χ4n) is 1.13. The van der Waals surface area contributed by atoms with Crippen molar-refractivity contribution in [3.05, 3.63) is 40.4 Å². The van der Waals surface area contributed by atoms with Crippen molar-refractivity contribution in [2.24, 2.45) is 0 Å². The predicted octanol–water partition coefficient (Wildman–Crippen LogP) is 1.63. The first-order chi connectivity index (χ1) is 8.58. The number of carboxylic acids is 1. The third-order valence-electron chi connectivity index (χ3n) is 1.94. The second-order valence-corrected chi connectivity index (χ2v) is 4.01. The lowest BCUT2D eigenvalue weighted by atomic mass is 10.4. The highest BCUT2D eigenvalue weighted by molar-refractivity contribution is 7.12. The molecule has 0 spiro atoms.